The van der Waals surface area contributed by atoms with Crippen LogP contribution in [-0.2, 0) is 10.2 Å². The van der Waals surface area contributed by atoms with Crippen molar-refractivity contribution in [2.75, 3.05) is 19.8 Å². The molecule has 0 atom stereocenters. The van der Waals surface area contributed by atoms with E-state index >= 15 is 0 Å². The van der Waals surface area contributed by atoms with Gasteiger partial charge in [-0.05, 0) is 72.0 Å². The van der Waals surface area contributed by atoms with E-state index in [2.05, 4.69) is 43.0 Å². The lowest BCUT2D eigenvalue weighted by Gasteiger charge is -2.20. The highest BCUT2D eigenvalue weighted by molar-refractivity contribution is 8.26. The number of ether oxygens (including phenoxy) is 3. The summed E-state index contributed by atoms with van der Waals surface area (Å²) in [6.45, 7) is 11.6. The highest BCUT2D eigenvalue weighted by Crippen LogP contribution is 2.32. The largest absolute Gasteiger partial charge is 0.490 e. The third-order valence-electron chi connectivity index (χ3n) is 5.71. The number of hydrazone groups is 1. The van der Waals surface area contributed by atoms with E-state index in [-0.39, 0.29) is 16.8 Å². The Bertz CT molecular complexity index is 1280. The molecular formula is C28H32N4O4S. The van der Waals surface area contributed by atoms with Crippen molar-refractivity contribution in [3.05, 3.63) is 59.2 Å². The van der Waals surface area contributed by atoms with Crippen LogP contribution in [0.3, 0.4) is 0 Å². The molecule has 0 unspecified atom stereocenters. The molecule has 1 N–H and O–H groups in total. The zero-order chi connectivity index (χ0) is 26.6. The van der Waals surface area contributed by atoms with Crippen molar-refractivity contribution in [2.24, 2.45) is 10.1 Å². The summed E-state index contributed by atoms with van der Waals surface area (Å²) in [5.74, 6) is 1.47. The molecule has 0 aromatic heterocycles. The molecule has 8 nitrogen and oxygen atoms in total. The number of nitrogens with one attached hydrogen (secondary N) is 1. The topological polar surface area (TPSA) is 96.6 Å². The number of amidine groups is 2. The van der Waals surface area contributed by atoms with Crippen molar-refractivity contribution in [1.82, 2.24) is 5.01 Å². The molecule has 194 valence electrons. The van der Waals surface area contributed by atoms with Gasteiger partial charge >= 0.3 is 0 Å². The van der Waals surface area contributed by atoms with Crippen LogP contribution >= 0.6 is 11.8 Å². The molecule has 4 rings (SSSR count). The number of aliphatic imine (C=N–C) groups is 1. The zero-order valence-electron chi connectivity index (χ0n) is 21.8. The lowest BCUT2D eigenvalue weighted by atomic mass is 9.87. The summed E-state index contributed by atoms with van der Waals surface area (Å²) in [6.07, 6.45) is 2.35. The van der Waals surface area contributed by atoms with Crippen LogP contribution < -0.4 is 14.2 Å². The Morgan fingerprint density at radius 3 is 2.41 bits per heavy atom. The standard InChI is InChI=1S/C28H32N4O4S/c1-6-24-31-32-25(29)21(26(33)30-27(32)37-24)16-18-8-13-22(23(17-18)34-7-2)36-15-14-35-20-11-9-19(10-12-20)28(3,4)5/h8-13,16-17,29H,6-7,14-15H2,1-5H3/b21-16-,29-25?. The predicted octanol–water partition coefficient (Wildman–Crippen LogP) is 5.87. The number of carbonyl (C=O) groups excluding carboxylic acids is 1. The number of hydrogen-bond acceptors (Lipinski definition) is 7. The summed E-state index contributed by atoms with van der Waals surface area (Å²) >= 11 is 1.32. The van der Waals surface area contributed by atoms with Gasteiger partial charge in [0.1, 0.15) is 24.0 Å². The molecule has 0 spiro atoms. The normalized spacial score (nSPS) is 16.5. The smallest absolute Gasteiger partial charge is 0.283 e. The Morgan fingerprint density at radius 2 is 1.73 bits per heavy atom. The summed E-state index contributed by atoms with van der Waals surface area (Å²) in [5.41, 5.74) is 2.22. The molecule has 37 heavy (non-hydrogen) atoms. The van der Waals surface area contributed by atoms with E-state index in [4.69, 9.17) is 19.6 Å². The van der Waals surface area contributed by atoms with E-state index in [0.717, 1.165) is 10.8 Å². The molecule has 9 heteroatoms. The van der Waals surface area contributed by atoms with E-state index in [1.807, 2.05) is 32.0 Å². The fraction of sp³-hybridized carbons (Fsp3) is 0.357. The second-order valence-electron chi connectivity index (χ2n) is 9.48. The summed E-state index contributed by atoms with van der Waals surface area (Å²) in [5, 5.41) is 15.5. The van der Waals surface area contributed by atoms with E-state index < -0.39 is 5.91 Å². The molecular weight excluding hydrogens is 488 g/mol. The van der Waals surface area contributed by atoms with Gasteiger partial charge in [0.05, 0.1) is 12.2 Å². The molecule has 0 fully saturated rings. The summed E-state index contributed by atoms with van der Waals surface area (Å²) < 4.78 is 17.5. The molecule has 2 aliphatic heterocycles. The second-order valence-corrected chi connectivity index (χ2v) is 10.5. The summed E-state index contributed by atoms with van der Waals surface area (Å²) in [7, 11) is 0. The van der Waals surface area contributed by atoms with Crippen LogP contribution in [0.25, 0.3) is 6.08 Å². The lowest BCUT2D eigenvalue weighted by Crippen LogP contribution is -2.35. The fourth-order valence-corrected chi connectivity index (χ4v) is 4.53. The van der Waals surface area contributed by atoms with Gasteiger partial charge in [-0.1, -0.05) is 45.9 Å². The first-order chi connectivity index (χ1) is 17.7. The van der Waals surface area contributed by atoms with Crippen LogP contribution in [0.1, 0.15) is 52.2 Å². The summed E-state index contributed by atoms with van der Waals surface area (Å²) in [4.78, 5) is 16.7. The van der Waals surface area contributed by atoms with Gasteiger partial charge in [-0.3, -0.25) is 10.2 Å². The maximum Gasteiger partial charge on any atom is 0.283 e. The molecule has 2 heterocycles. The van der Waals surface area contributed by atoms with Crippen LogP contribution in [0, 0.1) is 5.41 Å². The quantitative estimate of drug-likeness (QED) is 0.328. The van der Waals surface area contributed by atoms with Crippen molar-refractivity contribution < 1.29 is 19.0 Å². The highest BCUT2D eigenvalue weighted by Gasteiger charge is 2.35. The molecule has 0 bridgehead atoms. The minimum Gasteiger partial charge on any atom is -0.490 e. The first-order valence-corrected chi connectivity index (χ1v) is 13.1. The number of carbonyl (C=O) groups is 1. The Hall–Kier alpha value is -3.59. The van der Waals surface area contributed by atoms with Gasteiger partial charge in [0, 0.05) is 0 Å². The number of benzene rings is 2. The fourth-order valence-electron chi connectivity index (χ4n) is 3.71. The van der Waals surface area contributed by atoms with Crippen LogP contribution in [0.2, 0.25) is 0 Å². The Kier molecular flexibility index (Phi) is 8.02. The van der Waals surface area contributed by atoms with Crippen LogP contribution in [0.5, 0.6) is 17.2 Å². The molecule has 0 radical (unpaired) electrons. The number of thioether (sulfide) groups is 1. The van der Waals surface area contributed by atoms with Gasteiger partial charge in [-0.2, -0.15) is 15.1 Å². The number of nitrogens with zero attached hydrogens (tertiary/aromatic N) is 3. The first kappa shape index (κ1) is 26.5. The lowest BCUT2D eigenvalue weighted by molar-refractivity contribution is -0.114. The molecule has 2 aromatic carbocycles. The van der Waals surface area contributed by atoms with Gasteiger partial charge in [-0.15, -0.1) is 0 Å². The van der Waals surface area contributed by atoms with Crippen molar-refractivity contribution in [3.63, 3.8) is 0 Å². The highest BCUT2D eigenvalue weighted by atomic mass is 32.2. The second kappa shape index (κ2) is 11.2. The Labute approximate surface area is 221 Å². The molecule has 0 aliphatic carbocycles. The van der Waals surface area contributed by atoms with Gasteiger partial charge in [-0.25, -0.2) is 0 Å². The van der Waals surface area contributed by atoms with E-state index in [1.54, 1.807) is 18.2 Å². The molecule has 1 amide bonds. The van der Waals surface area contributed by atoms with E-state index in [9.17, 15) is 4.79 Å². The summed E-state index contributed by atoms with van der Waals surface area (Å²) in [6, 6.07) is 13.5. The average Bonchev–Trinajstić information content (AvgIpc) is 3.28. The zero-order valence-corrected chi connectivity index (χ0v) is 22.6. The van der Waals surface area contributed by atoms with Crippen LogP contribution in [-0.4, -0.2) is 46.8 Å². The van der Waals surface area contributed by atoms with Crippen molar-refractivity contribution in [3.8, 4) is 17.2 Å². The van der Waals surface area contributed by atoms with Crippen molar-refractivity contribution in [1.29, 1.82) is 5.41 Å². The molecule has 2 aromatic rings. The van der Waals surface area contributed by atoms with Crippen LogP contribution in [0.4, 0.5) is 0 Å². The van der Waals surface area contributed by atoms with Gasteiger partial charge in [0.25, 0.3) is 5.91 Å². The minimum atomic E-state index is -0.456. The van der Waals surface area contributed by atoms with Gasteiger partial charge in [0.15, 0.2) is 17.3 Å². The Balaban J connectivity index is 1.42. The SMILES string of the molecule is CCOc1cc(/C=C2/C(=N)N3N=C(CC)SC3=NC2=O)ccc1OCCOc1ccc(C(C)(C)C)cc1. The van der Waals surface area contributed by atoms with Gasteiger partial charge < -0.3 is 14.2 Å². The molecule has 2 aliphatic rings. The monoisotopic (exact) mass is 520 g/mol. The van der Waals surface area contributed by atoms with Crippen molar-refractivity contribution >= 4 is 39.8 Å². The third kappa shape index (κ3) is 6.22. The number of amides is 1. The maximum absolute atomic E-state index is 12.6. The van der Waals surface area contributed by atoms with Gasteiger partial charge in [0.2, 0.25) is 5.17 Å². The maximum atomic E-state index is 12.6. The average molecular weight is 521 g/mol. The number of rotatable bonds is 9. The third-order valence-corrected chi connectivity index (χ3v) is 6.76. The van der Waals surface area contributed by atoms with Crippen molar-refractivity contribution in [2.45, 2.75) is 46.5 Å². The van der Waals surface area contributed by atoms with E-state index in [0.29, 0.717) is 48.5 Å². The van der Waals surface area contributed by atoms with Crippen LogP contribution in [0.15, 0.2) is 58.1 Å². The number of fused-ring (bicyclic) bond motifs is 1. The Morgan fingerprint density at radius 1 is 1.00 bits per heavy atom. The first-order valence-electron chi connectivity index (χ1n) is 12.3. The minimum absolute atomic E-state index is 0.0110. The molecule has 0 saturated heterocycles. The van der Waals surface area contributed by atoms with E-state index in [1.165, 1.54) is 22.3 Å². The predicted molar refractivity (Wildman–Crippen MR) is 149 cm³/mol. The molecule has 0 saturated carbocycles. The number of hydrogen-bond donors (Lipinski definition) is 1.